The van der Waals surface area contributed by atoms with E-state index in [1.165, 1.54) is 17.1 Å². The number of imide groups is 1. The predicted molar refractivity (Wildman–Crippen MR) is 72.1 cm³/mol. The number of amides is 2. The lowest BCUT2D eigenvalue weighted by Crippen LogP contribution is -2.36. The van der Waals surface area contributed by atoms with Crippen LogP contribution in [0.5, 0.6) is 0 Å². The van der Waals surface area contributed by atoms with Gasteiger partial charge in [0, 0.05) is 24.2 Å². The molecule has 18 heavy (non-hydrogen) atoms. The molecular weight excluding hydrogens is 228 g/mol. The Morgan fingerprint density at radius 1 is 1.00 bits per heavy atom. The van der Waals surface area contributed by atoms with Crippen LogP contribution in [-0.4, -0.2) is 35.3 Å². The highest BCUT2D eigenvalue weighted by Crippen LogP contribution is 2.07. The highest BCUT2D eigenvalue weighted by atomic mass is 16.2. The minimum Gasteiger partial charge on any atom is -0.312 e. The molecule has 0 saturated heterocycles. The Kier molecular flexibility index (Phi) is 5.54. The van der Waals surface area contributed by atoms with Crippen LogP contribution in [0, 0.1) is 0 Å². The van der Waals surface area contributed by atoms with Crippen LogP contribution in [0.1, 0.15) is 46.5 Å². The highest BCUT2D eigenvalue weighted by Gasteiger charge is 2.21. The first-order valence-electron chi connectivity index (χ1n) is 6.69. The van der Waals surface area contributed by atoms with Crippen molar-refractivity contribution in [2.45, 2.75) is 52.0 Å². The Bertz CT molecular complexity index is 311. The number of unbranched alkanes of at least 4 members (excludes halogenated alkanes) is 3. The summed E-state index contributed by atoms with van der Waals surface area (Å²) < 4.78 is 0. The number of nitrogens with one attached hydrogen (secondary N) is 1. The minimum atomic E-state index is -0.172. The molecule has 1 aliphatic heterocycles. The van der Waals surface area contributed by atoms with E-state index in [1.807, 2.05) is 0 Å². The van der Waals surface area contributed by atoms with E-state index in [1.54, 1.807) is 0 Å². The van der Waals surface area contributed by atoms with Gasteiger partial charge < -0.3 is 5.32 Å². The largest absolute Gasteiger partial charge is 0.312 e. The second-order valence-corrected chi connectivity index (χ2v) is 5.75. The lowest BCUT2D eigenvalue weighted by molar-refractivity contribution is -0.136. The van der Waals surface area contributed by atoms with Crippen LogP contribution in [0.2, 0.25) is 0 Å². The van der Waals surface area contributed by atoms with Gasteiger partial charge in [0.05, 0.1) is 0 Å². The molecule has 1 aliphatic rings. The van der Waals surface area contributed by atoms with Crippen molar-refractivity contribution in [1.82, 2.24) is 10.2 Å². The molecule has 0 radical (unpaired) electrons. The molecule has 0 fully saturated rings. The molecule has 0 unspecified atom stereocenters. The predicted octanol–water partition coefficient (Wildman–Crippen LogP) is 1.86. The fraction of sp³-hybridized carbons (Fsp3) is 0.714. The molecule has 0 aromatic heterocycles. The van der Waals surface area contributed by atoms with Crippen molar-refractivity contribution in [3.63, 3.8) is 0 Å². The van der Waals surface area contributed by atoms with Gasteiger partial charge in [0.15, 0.2) is 0 Å². The molecule has 1 N–H and O–H groups in total. The minimum absolute atomic E-state index is 0.172. The smallest absolute Gasteiger partial charge is 0.253 e. The SMILES string of the molecule is CC(C)(C)NCCCCCCN1C(=O)C=CC1=O. The maximum Gasteiger partial charge on any atom is 0.253 e. The van der Waals surface area contributed by atoms with Gasteiger partial charge in [-0.3, -0.25) is 14.5 Å². The Balaban J connectivity index is 1.99. The molecular formula is C14H24N2O2. The number of nitrogens with zero attached hydrogens (tertiary/aromatic N) is 1. The van der Waals surface area contributed by atoms with Crippen LogP contribution in [0.15, 0.2) is 12.2 Å². The zero-order valence-electron chi connectivity index (χ0n) is 11.7. The van der Waals surface area contributed by atoms with E-state index in [0.717, 1.165) is 32.2 Å². The first kappa shape index (κ1) is 14.9. The second-order valence-electron chi connectivity index (χ2n) is 5.75. The Morgan fingerprint density at radius 3 is 2.11 bits per heavy atom. The quantitative estimate of drug-likeness (QED) is 0.556. The van der Waals surface area contributed by atoms with Gasteiger partial charge in [0.25, 0.3) is 11.8 Å². The number of carbonyl (C=O) groups excluding carboxylic acids is 2. The number of hydrogen-bond donors (Lipinski definition) is 1. The number of rotatable bonds is 7. The monoisotopic (exact) mass is 252 g/mol. The zero-order chi connectivity index (χ0) is 13.6. The first-order valence-corrected chi connectivity index (χ1v) is 6.69. The Morgan fingerprint density at radius 2 is 1.56 bits per heavy atom. The molecule has 4 heteroatoms. The van der Waals surface area contributed by atoms with E-state index in [4.69, 9.17) is 0 Å². The first-order chi connectivity index (χ1) is 8.40. The summed E-state index contributed by atoms with van der Waals surface area (Å²) in [6.07, 6.45) is 6.91. The van der Waals surface area contributed by atoms with Crippen LogP contribution >= 0.6 is 0 Å². The molecule has 0 aromatic rings. The van der Waals surface area contributed by atoms with E-state index in [-0.39, 0.29) is 17.4 Å². The summed E-state index contributed by atoms with van der Waals surface area (Å²) in [5, 5.41) is 3.44. The molecule has 0 bridgehead atoms. The van der Waals surface area contributed by atoms with Crippen molar-refractivity contribution in [3.05, 3.63) is 12.2 Å². The van der Waals surface area contributed by atoms with Gasteiger partial charge in [0.1, 0.15) is 0 Å². The molecule has 1 rings (SSSR count). The van der Waals surface area contributed by atoms with Gasteiger partial charge in [-0.25, -0.2) is 0 Å². The van der Waals surface area contributed by atoms with E-state index in [2.05, 4.69) is 26.1 Å². The van der Waals surface area contributed by atoms with E-state index < -0.39 is 0 Å². The standard InChI is InChI=1S/C14H24N2O2/c1-14(2,3)15-10-6-4-5-7-11-16-12(17)8-9-13(16)18/h8-9,15H,4-7,10-11H2,1-3H3. The molecule has 4 nitrogen and oxygen atoms in total. The Hall–Kier alpha value is -1.16. The third kappa shape index (κ3) is 5.45. The third-order valence-corrected chi connectivity index (χ3v) is 2.86. The van der Waals surface area contributed by atoms with Crippen LogP contribution in [0.25, 0.3) is 0 Å². The number of hydrogen-bond acceptors (Lipinski definition) is 3. The van der Waals surface area contributed by atoms with E-state index >= 15 is 0 Å². The molecule has 102 valence electrons. The van der Waals surface area contributed by atoms with Crippen molar-refractivity contribution in [1.29, 1.82) is 0 Å². The molecule has 0 aliphatic carbocycles. The maximum atomic E-state index is 11.3. The summed E-state index contributed by atoms with van der Waals surface area (Å²) >= 11 is 0. The average Bonchev–Trinajstić information content (AvgIpc) is 2.57. The van der Waals surface area contributed by atoms with Crippen LogP contribution in [0.3, 0.4) is 0 Å². The van der Waals surface area contributed by atoms with Gasteiger partial charge in [-0.1, -0.05) is 12.8 Å². The second kappa shape index (κ2) is 6.69. The Labute approximate surface area is 109 Å². The summed E-state index contributed by atoms with van der Waals surface area (Å²) in [7, 11) is 0. The fourth-order valence-corrected chi connectivity index (χ4v) is 1.86. The van der Waals surface area contributed by atoms with Crippen LogP contribution in [0.4, 0.5) is 0 Å². The number of carbonyl (C=O) groups is 2. The normalized spacial score (nSPS) is 15.8. The molecule has 0 aromatic carbocycles. The third-order valence-electron chi connectivity index (χ3n) is 2.86. The van der Waals surface area contributed by atoms with Crippen molar-refractivity contribution < 1.29 is 9.59 Å². The molecule has 0 saturated carbocycles. The van der Waals surface area contributed by atoms with E-state index in [9.17, 15) is 9.59 Å². The van der Waals surface area contributed by atoms with Crippen molar-refractivity contribution in [3.8, 4) is 0 Å². The topological polar surface area (TPSA) is 49.4 Å². The summed E-state index contributed by atoms with van der Waals surface area (Å²) in [5.74, 6) is -0.344. The maximum absolute atomic E-state index is 11.3. The summed E-state index contributed by atoms with van der Waals surface area (Å²) in [6, 6.07) is 0. The van der Waals surface area contributed by atoms with Gasteiger partial charge >= 0.3 is 0 Å². The highest BCUT2D eigenvalue weighted by molar-refractivity contribution is 6.12. The van der Waals surface area contributed by atoms with Crippen LogP contribution < -0.4 is 5.32 Å². The molecule has 0 spiro atoms. The van der Waals surface area contributed by atoms with Crippen molar-refractivity contribution in [2.75, 3.05) is 13.1 Å². The van der Waals surface area contributed by atoms with Gasteiger partial charge in [-0.05, 0) is 40.2 Å². The summed E-state index contributed by atoms with van der Waals surface area (Å²) in [5.41, 5.74) is 0.181. The average molecular weight is 252 g/mol. The molecule has 2 amide bonds. The summed E-state index contributed by atoms with van der Waals surface area (Å²) in [4.78, 5) is 23.9. The molecule has 0 atom stereocenters. The lowest BCUT2D eigenvalue weighted by Gasteiger charge is -2.20. The van der Waals surface area contributed by atoms with Crippen molar-refractivity contribution in [2.24, 2.45) is 0 Å². The summed E-state index contributed by atoms with van der Waals surface area (Å²) in [6.45, 7) is 8.05. The van der Waals surface area contributed by atoms with Gasteiger partial charge in [-0.15, -0.1) is 0 Å². The zero-order valence-corrected chi connectivity index (χ0v) is 11.7. The lowest BCUT2D eigenvalue weighted by atomic mass is 10.1. The molecule has 1 heterocycles. The van der Waals surface area contributed by atoms with E-state index in [0.29, 0.717) is 6.54 Å². The van der Waals surface area contributed by atoms with Crippen molar-refractivity contribution >= 4 is 11.8 Å². The van der Waals surface area contributed by atoms with Gasteiger partial charge in [-0.2, -0.15) is 0 Å². The van der Waals surface area contributed by atoms with Gasteiger partial charge in [0.2, 0.25) is 0 Å². The van der Waals surface area contributed by atoms with Crippen LogP contribution in [-0.2, 0) is 9.59 Å². The fourth-order valence-electron chi connectivity index (χ4n) is 1.86.